The molecule has 0 aliphatic carbocycles. The van der Waals surface area contributed by atoms with Crippen molar-refractivity contribution in [3.63, 3.8) is 0 Å². The maximum absolute atomic E-state index is 13.5. The van der Waals surface area contributed by atoms with Crippen LogP contribution in [0.25, 0.3) is 10.4 Å². The van der Waals surface area contributed by atoms with Crippen molar-refractivity contribution in [1.29, 1.82) is 0 Å². The van der Waals surface area contributed by atoms with Gasteiger partial charge < -0.3 is 9.47 Å². The van der Waals surface area contributed by atoms with E-state index in [0.717, 1.165) is 5.56 Å². The monoisotopic (exact) mass is 536 g/mol. The van der Waals surface area contributed by atoms with Gasteiger partial charge in [0.15, 0.2) is 0 Å². The summed E-state index contributed by atoms with van der Waals surface area (Å²) in [5.74, 6) is -0.663. The first-order valence-corrected chi connectivity index (χ1v) is 13.0. The van der Waals surface area contributed by atoms with Crippen molar-refractivity contribution in [2.45, 2.75) is 51.1 Å². The highest BCUT2D eigenvalue weighted by atomic mass is 31.2. The Morgan fingerprint density at radius 1 is 1.35 bits per heavy atom. The average molecular weight is 536 g/mol. The van der Waals surface area contributed by atoms with Gasteiger partial charge >= 0.3 is 19.4 Å². The summed E-state index contributed by atoms with van der Waals surface area (Å²) >= 11 is 0. The number of aromatic amines is 1. The number of carbonyl (C=O) groups excluding carboxylic acids is 1. The number of azide groups is 1. The summed E-state index contributed by atoms with van der Waals surface area (Å²) in [6.07, 6.45) is -0.159. The Morgan fingerprint density at radius 3 is 2.73 bits per heavy atom. The Kier molecular flexibility index (Phi) is 9.81. The van der Waals surface area contributed by atoms with Gasteiger partial charge in [-0.25, -0.2) is 14.4 Å². The van der Waals surface area contributed by atoms with Gasteiger partial charge in [-0.15, -0.1) is 0 Å². The second kappa shape index (κ2) is 12.8. The molecule has 200 valence electrons. The Bertz CT molecular complexity index is 1290. The second-order valence-corrected chi connectivity index (χ2v) is 9.99. The van der Waals surface area contributed by atoms with Crippen molar-refractivity contribution in [2.24, 2.45) is 5.11 Å². The zero-order valence-electron chi connectivity index (χ0n) is 20.6. The van der Waals surface area contributed by atoms with Gasteiger partial charge in [-0.2, -0.15) is 0 Å². The molecule has 1 saturated heterocycles. The summed E-state index contributed by atoms with van der Waals surface area (Å²) in [6.45, 7) is 2.80. The number of benzene rings is 1. The molecule has 0 amide bonds. The second-order valence-electron chi connectivity index (χ2n) is 8.22. The highest BCUT2D eigenvalue weighted by molar-refractivity contribution is 7.51. The molecule has 1 aliphatic rings. The molecule has 15 heteroatoms. The smallest absolute Gasteiger partial charge is 0.406 e. The van der Waals surface area contributed by atoms with Crippen LogP contribution in [0.4, 0.5) is 0 Å². The molecular formula is C22H29N6O8P. The molecule has 1 fully saturated rings. The first-order chi connectivity index (χ1) is 17.7. The summed E-state index contributed by atoms with van der Waals surface area (Å²) in [5, 5.41) is 6.37. The van der Waals surface area contributed by atoms with Crippen molar-refractivity contribution in [2.75, 3.05) is 20.3 Å². The number of H-pyrrole nitrogens is 1. The molecule has 2 aromatic rings. The lowest BCUT2D eigenvalue weighted by Crippen LogP contribution is -2.39. The van der Waals surface area contributed by atoms with Crippen molar-refractivity contribution in [1.82, 2.24) is 14.6 Å². The Labute approximate surface area is 212 Å². The van der Waals surface area contributed by atoms with E-state index in [9.17, 15) is 18.9 Å². The van der Waals surface area contributed by atoms with Crippen LogP contribution in [0.3, 0.4) is 0 Å². The van der Waals surface area contributed by atoms with Crippen LogP contribution < -0.4 is 16.3 Å². The average Bonchev–Trinajstić information content (AvgIpc) is 3.27. The standard InChI is InChI=1S/C22H29N6O8P/c1-4-34-37(32,26-17(21(30)33-3)10-15-8-6-5-7-9-15)35-13-18-16(25-27-23)11-19(36-18)28-12-14(2)20(29)24-22(28)31/h5-9,12,16-19H,4,10-11,13H2,1-3H3,(H,26,32)(H,24,29,31)/t16-,17?,18+,19+,37?/m0/s1. The zero-order valence-corrected chi connectivity index (χ0v) is 21.5. The van der Waals surface area contributed by atoms with E-state index in [0.29, 0.717) is 5.56 Å². The fourth-order valence-electron chi connectivity index (χ4n) is 3.84. The number of esters is 1. The summed E-state index contributed by atoms with van der Waals surface area (Å²) in [5.41, 5.74) is 8.87. The van der Waals surface area contributed by atoms with Gasteiger partial charge in [-0.05, 0) is 31.4 Å². The van der Waals surface area contributed by atoms with E-state index in [1.54, 1.807) is 19.1 Å². The molecule has 14 nitrogen and oxygen atoms in total. The van der Waals surface area contributed by atoms with Crippen LogP contribution in [0, 0.1) is 6.92 Å². The summed E-state index contributed by atoms with van der Waals surface area (Å²) in [7, 11) is -2.86. The predicted octanol–water partition coefficient (Wildman–Crippen LogP) is 2.35. The molecule has 1 aromatic heterocycles. The SMILES string of the molecule is CCOP(=O)(NC(Cc1ccccc1)C(=O)OC)OC[C@H]1O[C@@H](n2cc(C)c(=O)[nH]c2=O)C[C@@H]1N=[N+]=[N-]. The fourth-order valence-corrected chi connectivity index (χ4v) is 5.33. The number of aromatic nitrogens is 2. The number of carbonyl (C=O) groups is 1. The van der Waals surface area contributed by atoms with Crippen molar-refractivity contribution in [3.8, 4) is 0 Å². The maximum Gasteiger partial charge on any atom is 0.406 e. The largest absolute Gasteiger partial charge is 0.468 e. The van der Waals surface area contributed by atoms with Crippen LogP contribution in [0.2, 0.25) is 0 Å². The van der Waals surface area contributed by atoms with E-state index in [1.165, 1.54) is 24.8 Å². The van der Waals surface area contributed by atoms with E-state index in [4.69, 9.17) is 24.1 Å². The van der Waals surface area contributed by atoms with E-state index >= 15 is 0 Å². The molecule has 0 saturated carbocycles. The number of rotatable bonds is 12. The quantitative estimate of drug-likeness (QED) is 0.135. The van der Waals surface area contributed by atoms with Crippen LogP contribution in [0.1, 0.15) is 30.7 Å². The topological polar surface area (TPSA) is 187 Å². The Morgan fingerprint density at radius 2 is 2.08 bits per heavy atom. The number of ether oxygens (including phenoxy) is 2. The first kappa shape index (κ1) is 28.3. The predicted molar refractivity (Wildman–Crippen MR) is 132 cm³/mol. The van der Waals surface area contributed by atoms with Gasteiger partial charge in [0.1, 0.15) is 12.3 Å². The van der Waals surface area contributed by atoms with Gasteiger partial charge in [0.25, 0.3) is 5.56 Å². The third-order valence-corrected chi connectivity index (χ3v) is 7.37. The van der Waals surface area contributed by atoms with E-state index in [2.05, 4.69) is 20.1 Å². The Hall–Kier alpha value is -3.25. The van der Waals surface area contributed by atoms with Crippen LogP contribution in [0.5, 0.6) is 0 Å². The third kappa shape index (κ3) is 7.39. The van der Waals surface area contributed by atoms with Crippen molar-refractivity contribution >= 4 is 13.7 Å². The van der Waals surface area contributed by atoms with Gasteiger partial charge in [0, 0.05) is 23.1 Å². The van der Waals surface area contributed by atoms with E-state index < -0.39 is 49.4 Å². The molecule has 2 unspecified atom stereocenters. The molecule has 2 N–H and O–H groups in total. The van der Waals surface area contributed by atoms with Crippen molar-refractivity contribution < 1.29 is 27.9 Å². The van der Waals surface area contributed by atoms with Crippen LogP contribution in [-0.4, -0.2) is 54.0 Å². The summed E-state index contributed by atoms with van der Waals surface area (Å²) in [4.78, 5) is 41.4. The lowest BCUT2D eigenvalue weighted by molar-refractivity contribution is -0.142. The lowest BCUT2D eigenvalue weighted by atomic mass is 10.1. The molecule has 2 heterocycles. The normalized spacial score (nSPS) is 21.5. The number of hydrogen-bond acceptors (Lipinski definition) is 9. The summed E-state index contributed by atoms with van der Waals surface area (Å²) in [6, 6.07) is 7.24. The molecule has 0 bridgehead atoms. The molecule has 0 spiro atoms. The summed E-state index contributed by atoms with van der Waals surface area (Å²) < 4.78 is 36.4. The molecule has 0 radical (unpaired) electrons. The minimum atomic E-state index is -4.07. The molecule has 1 aromatic carbocycles. The van der Waals surface area contributed by atoms with E-state index in [1.807, 2.05) is 18.2 Å². The van der Waals surface area contributed by atoms with Crippen LogP contribution in [0.15, 0.2) is 51.2 Å². The number of methoxy groups -OCH3 is 1. The van der Waals surface area contributed by atoms with Gasteiger partial charge in [-0.1, -0.05) is 35.4 Å². The van der Waals surface area contributed by atoms with Gasteiger partial charge in [0.05, 0.1) is 32.5 Å². The fraction of sp³-hybridized carbons (Fsp3) is 0.500. The minimum Gasteiger partial charge on any atom is -0.468 e. The maximum atomic E-state index is 13.5. The van der Waals surface area contributed by atoms with Crippen LogP contribution >= 0.6 is 7.75 Å². The molecule has 1 aliphatic heterocycles. The van der Waals surface area contributed by atoms with Crippen LogP contribution in [-0.2, 0) is 34.3 Å². The molecule has 3 rings (SSSR count). The highest BCUT2D eigenvalue weighted by Gasteiger charge is 2.40. The van der Waals surface area contributed by atoms with Crippen molar-refractivity contribution in [3.05, 3.63) is 78.9 Å². The van der Waals surface area contributed by atoms with Gasteiger partial charge in [-0.3, -0.25) is 28.2 Å². The van der Waals surface area contributed by atoms with Gasteiger partial charge in [0.2, 0.25) is 0 Å². The number of nitrogens with zero attached hydrogens (tertiary/aromatic N) is 4. The number of nitrogens with one attached hydrogen (secondary N) is 2. The first-order valence-electron chi connectivity index (χ1n) is 11.5. The molecule has 5 atom stereocenters. The highest BCUT2D eigenvalue weighted by Crippen LogP contribution is 2.45. The molecule has 37 heavy (non-hydrogen) atoms. The number of hydrogen-bond donors (Lipinski definition) is 2. The minimum absolute atomic E-state index is 0.00345. The third-order valence-electron chi connectivity index (χ3n) is 5.65. The number of aryl methyl sites for hydroxylation is 1. The van der Waals surface area contributed by atoms with E-state index in [-0.39, 0.29) is 26.1 Å². The zero-order chi connectivity index (χ0) is 27.0. The Balaban J connectivity index is 1.77. The lowest BCUT2D eigenvalue weighted by Gasteiger charge is -2.25. The molecular weight excluding hydrogens is 507 g/mol.